The maximum Gasteiger partial charge on any atom is 0.417 e. The van der Waals surface area contributed by atoms with E-state index in [4.69, 9.17) is 10.00 Å². The molecule has 0 aliphatic rings. The summed E-state index contributed by atoms with van der Waals surface area (Å²) in [5, 5.41) is 8.59. The molecule has 21 heavy (non-hydrogen) atoms. The van der Waals surface area contributed by atoms with E-state index < -0.39 is 29.6 Å². The van der Waals surface area contributed by atoms with Crippen LogP contribution in [0, 0.1) is 11.3 Å². The molecule has 7 heteroatoms. The molecule has 1 heterocycles. The quantitative estimate of drug-likeness (QED) is 0.873. The Bertz CT molecular complexity index is 731. The summed E-state index contributed by atoms with van der Waals surface area (Å²) >= 11 is 0. The summed E-state index contributed by atoms with van der Waals surface area (Å²) in [5.41, 5.74) is -1.85. The highest BCUT2D eigenvalue weighted by Gasteiger charge is 2.32. The van der Waals surface area contributed by atoms with Gasteiger partial charge in [0, 0.05) is 12.3 Å². The van der Waals surface area contributed by atoms with Crippen molar-refractivity contribution in [2.75, 3.05) is 0 Å². The van der Waals surface area contributed by atoms with E-state index in [1.54, 1.807) is 24.3 Å². The molecule has 0 N–H and O–H groups in total. The summed E-state index contributed by atoms with van der Waals surface area (Å²) in [6.07, 6.45) is -4.04. The van der Waals surface area contributed by atoms with Gasteiger partial charge in [0.2, 0.25) is 0 Å². The molecule has 0 bridgehead atoms. The highest BCUT2D eigenvalue weighted by molar-refractivity contribution is 5.32. The van der Waals surface area contributed by atoms with Crippen LogP contribution in [0.15, 0.2) is 47.4 Å². The van der Waals surface area contributed by atoms with E-state index >= 15 is 0 Å². The molecule has 2 rings (SSSR count). The fourth-order valence-electron chi connectivity index (χ4n) is 1.65. The van der Waals surface area contributed by atoms with Crippen LogP contribution in [0.5, 0.6) is 11.5 Å². The molecule has 1 aromatic heterocycles. The minimum Gasteiger partial charge on any atom is -0.452 e. The number of hydrogen-bond acceptors (Lipinski definition) is 3. The molecule has 0 spiro atoms. The second-order valence-electron chi connectivity index (χ2n) is 4.10. The van der Waals surface area contributed by atoms with Gasteiger partial charge in [0.05, 0.1) is 11.6 Å². The third-order valence-corrected chi connectivity index (χ3v) is 2.59. The van der Waals surface area contributed by atoms with Gasteiger partial charge in [-0.05, 0) is 12.1 Å². The molecule has 2 aromatic rings. The lowest BCUT2D eigenvalue weighted by Gasteiger charge is -2.12. The summed E-state index contributed by atoms with van der Waals surface area (Å²) in [6.45, 7) is -0.492. The number of pyridine rings is 1. The normalized spacial score (nSPS) is 11.0. The van der Waals surface area contributed by atoms with Gasteiger partial charge in [-0.1, -0.05) is 18.2 Å². The number of ether oxygens (including phenoxy) is 1. The van der Waals surface area contributed by atoms with Crippen molar-refractivity contribution in [1.29, 1.82) is 5.26 Å². The predicted octanol–water partition coefficient (Wildman–Crippen LogP) is 3.18. The summed E-state index contributed by atoms with van der Waals surface area (Å²) < 4.78 is 44.3. The van der Waals surface area contributed by atoms with Crippen molar-refractivity contribution in [3.8, 4) is 17.6 Å². The summed E-state index contributed by atoms with van der Waals surface area (Å²) in [6, 6.07) is 10.2. The molecular weight excluding hydrogens is 285 g/mol. The van der Waals surface area contributed by atoms with Crippen LogP contribution in [0.25, 0.3) is 0 Å². The Morgan fingerprint density at radius 1 is 1.24 bits per heavy atom. The number of halogens is 3. The SMILES string of the molecule is N#CCn1cc(C(F)(F)F)cc(Oc2ccccc2)c1=O. The van der Waals surface area contributed by atoms with E-state index in [1.807, 2.05) is 0 Å². The van der Waals surface area contributed by atoms with Gasteiger partial charge in [-0.2, -0.15) is 18.4 Å². The molecule has 0 unspecified atom stereocenters. The number of alkyl halides is 3. The second-order valence-corrected chi connectivity index (χ2v) is 4.10. The van der Waals surface area contributed by atoms with Gasteiger partial charge in [0.15, 0.2) is 5.75 Å². The van der Waals surface area contributed by atoms with Crippen LogP contribution in [-0.4, -0.2) is 4.57 Å². The number of nitriles is 1. The van der Waals surface area contributed by atoms with Gasteiger partial charge in [0.1, 0.15) is 12.3 Å². The van der Waals surface area contributed by atoms with Crippen molar-refractivity contribution in [3.63, 3.8) is 0 Å². The first kappa shape index (κ1) is 14.7. The molecule has 0 amide bonds. The van der Waals surface area contributed by atoms with Crippen LogP contribution in [0.1, 0.15) is 5.56 Å². The lowest BCUT2D eigenvalue weighted by molar-refractivity contribution is -0.138. The largest absolute Gasteiger partial charge is 0.452 e. The van der Waals surface area contributed by atoms with E-state index in [0.717, 1.165) is 0 Å². The Labute approximate surface area is 117 Å². The Balaban J connectivity index is 2.51. The molecular formula is C14H9F3N2O2. The van der Waals surface area contributed by atoms with Crippen LogP contribution >= 0.6 is 0 Å². The Morgan fingerprint density at radius 2 is 1.90 bits per heavy atom. The molecule has 0 aliphatic heterocycles. The molecule has 0 atom stereocenters. The lowest BCUT2D eigenvalue weighted by atomic mass is 10.2. The van der Waals surface area contributed by atoms with Crippen LogP contribution < -0.4 is 10.3 Å². The fraction of sp³-hybridized carbons (Fsp3) is 0.143. The van der Waals surface area contributed by atoms with Crippen molar-refractivity contribution < 1.29 is 17.9 Å². The van der Waals surface area contributed by atoms with Crippen LogP contribution in [-0.2, 0) is 12.7 Å². The molecule has 0 saturated heterocycles. The number of hydrogen-bond donors (Lipinski definition) is 0. The zero-order valence-electron chi connectivity index (χ0n) is 10.6. The van der Waals surface area contributed by atoms with Crippen molar-refractivity contribution in [2.24, 2.45) is 0 Å². The first-order valence-electron chi connectivity index (χ1n) is 5.83. The average Bonchev–Trinajstić information content (AvgIpc) is 2.43. The lowest BCUT2D eigenvalue weighted by Crippen LogP contribution is -2.23. The molecule has 0 saturated carbocycles. The molecule has 4 nitrogen and oxygen atoms in total. The number of nitrogens with zero attached hydrogens (tertiary/aromatic N) is 2. The van der Waals surface area contributed by atoms with Gasteiger partial charge in [-0.25, -0.2) is 0 Å². The van der Waals surface area contributed by atoms with Gasteiger partial charge < -0.3 is 4.74 Å². The zero-order valence-corrected chi connectivity index (χ0v) is 10.6. The summed E-state index contributed by atoms with van der Waals surface area (Å²) in [4.78, 5) is 12.0. The number of benzene rings is 1. The highest BCUT2D eigenvalue weighted by atomic mass is 19.4. The summed E-state index contributed by atoms with van der Waals surface area (Å²) in [5.74, 6) is -0.247. The second kappa shape index (κ2) is 5.71. The maximum absolute atomic E-state index is 12.8. The minimum atomic E-state index is -4.64. The highest BCUT2D eigenvalue weighted by Crippen LogP contribution is 2.31. The van der Waals surface area contributed by atoms with Gasteiger partial charge in [-0.15, -0.1) is 0 Å². The van der Waals surface area contributed by atoms with Crippen molar-refractivity contribution >= 4 is 0 Å². The van der Waals surface area contributed by atoms with E-state index in [-0.39, 0.29) is 5.75 Å². The molecule has 0 fully saturated rings. The van der Waals surface area contributed by atoms with E-state index in [0.29, 0.717) is 16.8 Å². The number of aromatic nitrogens is 1. The first-order valence-corrected chi connectivity index (χ1v) is 5.83. The van der Waals surface area contributed by atoms with Crippen molar-refractivity contribution in [3.05, 3.63) is 58.5 Å². The van der Waals surface area contributed by atoms with Gasteiger partial charge in [-0.3, -0.25) is 9.36 Å². The van der Waals surface area contributed by atoms with E-state index in [9.17, 15) is 18.0 Å². The maximum atomic E-state index is 12.8. The third-order valence-electron chi connectivity index (χ3n) is 2.59. The predicted molar refractivity (Wildman–Crippen MR) is 67.8 cm³/mol. The number of para-hydroxylation sites is 1. The van der Waals surface area contributed by atoms with E-state index in [1.165, 1.54) is 12.1 Å². The summed E-state index contributed by atoms with van der Waals surface area (Å²) in [7, 11) is 0. The Hall–Kier alpha value is -2.75. The van der Waals surface area contributed by atoms with Crippen LogP contribution in [0.2, 0.25) is 0 Å². The van der Waals surface area contributed by atoms with Gasteiger partial charge in [0.25, 0.3) is 5.56 Å². The van der Waals surface area contributed by atoms with Gasteiger partial charge >= 0.3 is 6.18 Å². The van der Waals surface area contributed by atoms with Crippen molar-refractivity contribution in [1.82, 2.24) is 4.57 Å². The minimum absolute atomic E-state index is 0.234. The smallest absolute Gasteiger partial charge is 0.417 e. The molecule has 0 radical (unpaired) electrons. The molecule has 1 aromatic carbocycles. The third kappa shape index (κ3) is 3.42. The zero-order chi connectivity index (χ0) is 15.5. The van der Waals surface area contributed by atoms with Crippen LogP contribution in [0.4, 0.5) is 13.2 Å². The number of rotatable bonds is 3. The standard InChI is InChI=1S/C14H9F3N2O2/c15-14(16,17)10-8-12(13(20)19(9-10)7-6-18)21-11-4-2-1-3-5-11/h1-5,8-9H,7H2. The first-order chi connectivity index (χ1) is 9.91. The topological polar surface area (TPSA) is 55.0 Å². The molecule has 108 valence electrons. The van der Waals surface area contributed by atoms with E-state index in [2.05, 4.69) is 0 Å². The molecule has 0 aliphatic carbocycles. The monoisotopic (exact) mass is 294 g/mol. The average molecular weight is 294 g/mol. The Kier molecular flexibility index (Phi) is 3.98. The fourth-order valence-corrected chi connectivity index (χ4v) is 1.65. The Morgan fingerprint density at radius 3 is 2.48 bits per heavy atom. The van der Waals surface area contributed by atoms with Crippen LogP contribution in [0.3, 0.4) is 0 Å². The van der Waals surface area contributed by atoms with Crippen molar-refractivity contribution in [2.45, 2.75) is 12.7 Å².